The molecule has 1 aliphatic carbocycles. The highest BCUT2D eigenvalue weighted by molar-refractivity contribution is 6.74. The molecule has 0 unspecified atom stereocenters. The number of carbonyl (C=O) groups excluding carboxylic acids is 1. The van der Waals surface area contributed by atoms with Gasteiger partial charge >= 0.3 is 5.97 Å². The van der Waals surface area contributed by atoms with Gasteiger partial charge in [0.1, 0.15) is 18.8 Å². The highest BCUT2D eigenvalue weighted by atomic mass is 28.4. The standard InChI is InChI=1S/C34H58O8Si2/c1-15-20-33(27-23-39-32(11,12)40-27,42-44(16-2,17-3)18-4)21-19-25-22-26(41-43(13,14)31(8,9)10)28(35)34(25,37)24-38-29(36)30(5,6)7/h1,22,26-28,35,37H,16-18,20,23-24H2,2-14H3/t26-,27+,28+,33+,34-/m0/s1. The van der Waals surface area contributed by atoms with Crippen LogP contribution in [-0.4, -0.2) is 81.3 Å². The molecule has 1 saturated heterocycles. The fraction of sp³-hybridized carbons (Fsp3) is 0.794. The molecule has 1 heterocycles. The van der Waals surface area contributed by atoms with Crippen LogP contribution in [0.3, 0.4) is 0 Å². The first-order valence-corrected chi connectivity index (χ1v) is 21.4. The summed E-state index contributed by atoms with van der Waals surface area (Å²) in [6.45, 7) is 25.5. The second-order valence-electron chi connectivity index (χ2n) is 15.3. The zero-order chi connectivity index (χ0) is 34.0. The van der Waals surface area contributed by atoms with Crippen LogP contribution in [0.15, 0.2) is 11.6 Å². The monoisotopic (exact) mass is 650 g/mol. The number of aliphatic hydroxyl groups excluding tert-OH is 1. The van der Waals surface area contributed by atoms with Crippen molar-refractivity contribution < 1.29 is 38.1 Å². The molecular formula is C34H58O8Si2. The van der Waals surface area contributed by atoms with Crippen LogP contribution in [0.1, 0.15) is 82.6 Å². The lowest BCUT2D eigenvalue weighted by Gasteiger charge is -2.41. The maximum Gasteiger partial charge on any atom is 0.311 e. The summed E-state index contributed by atoms with van der Waals surface area (Å²) in [5.74, 6) is 7.88. The van der Waals surface area contributed by atoms with Gasteiger partial charge in [0.15, 0.2) is 33.6 Å². The van der Waals surface area contributed by atoms with E-state index in [0.717, 1.165) is 18.1 Å². The van der Waals surface area contributed by atoms with Gasteiger partial charge in [0, 0.05) is 5.57 Å². The number of carbonyl (C=O) groups is 1. The summed E-state index contributed by atoms with van der Waals surface area (Å²) in [6.07, 6.45) is 4.88. The maximum atomic E-state index is 12.7. The first-order valence-electron chi connectivity index (χ1n) is 15.9. The number of esters is 1. The molecule has 1 aliphatic heterocycles. The van der Waals surface area contributed by atoms with Crippen molar-refractivity contribution in [2.75, 3.05) is 13.2 Å². The third-order valence-electron chi connectivity index (χ3n) is 9.50. The summed E-state index contributed by atoms with van der Waals surface area (Å²) in [5.41, 5.74) is -3.85. The largest absolute Gasteiger partial charge is 0.462 e. The van der Waals surface area contributed by atoms with Crippen LogP contribution in [0.5, 0.6) is 0 Å². The molecule has 0 aromatic heterocycles. The smallest absolute Gasteiger partial charge is 0.311 e. The molecule has 0 aromatic carbocycles. The van der Waals surface area contributed by atoms with Crippen LogP contribution in [0, 0.1) is 29.6 Å². The number of hydrogen-bond donors (Lipinski definition) is 2. The summed E-state index contributed by atoms with van der Waals surface area (Å²) >= 11 is 0. The van der Waals surface area contributed by atoms with E-state index in [0.29, 0.717) is 0 Å². The summed E-state index contributed by atoms with van der Waals surface area (Å²) in [5, 5.41) is 23.5. The first-order chi connectivity index (χ1) is 20.0. The Kier molecular flexibility index (Phi) is 12.1. The van der Waals surface area contributed by atoms with E-state index < -0.39 is 69.9 Å². The van der Waals surface area contributed by atoms with Crippen molar-refractivity contribution >= 4 is 22.6 Å². The van der Waals surface area contributed by atoms with E-state index >= 15 is 0 Å². The highest BCUT2D eigenvalue weighted by Crippen LogP contribution is 2.42. The zero-order valence-corrected chi connectivity index (χ0v) is 31.5. The molecule has 10 heteroatoms. The van der Waals surface area contributed by atoms with Crippen molar-refractivity contribution in [2.24, 2.45) is 5.41 Å². The first kappa shape index (κ1) is 38.7. The van der Waals surface area contributed by atoms with Crippen LogP contribution >= 0.6 is 0 Å². The molecule has 1 fully saturated rings. The van der Waals surface area contributed by atoms with Crippen LogP contribution in [0.25, 0.3) is 0 Å². The molecule has 0 spiro atoms. The number of terminal acetylenes is 1. The van der Waals surface area contributed by atoms with Crippen molar-refractivity contribution in [3.63, 3.8) is 0 Å². The predicted molar refractivity (Wildman–Crippen MR) is 179 cm³/mol. The third-order valence-corrected chi connectivity index (χ3v) is 18.6. The second kappa shape index (κ2) is 13.7. The molecule has 0 radical (unpaired) electrons. The number of rotatable bonds is 11. The molecule has 8 nitrogen and oxygen atoms in total. The van der Waals surface area contributed by atoms with E-state index in [-0.39, 0.29) is 23.6 Å². The minimum absolute atomic E-state index is 0.135. The fourth-order valence-corrected chi connectivity index (χ4v) is 9.30. The molecule has 0 bridgehead atoms. The fourth-order valence-electron chi connectivity index (χ4n) is 5.11. The molecule has 44 heavy (non-hydrogen) atoms. The quantitative estimate of drug-likeness (QED) is 0.161. The van der Waals surface area contributed by atoms with Gasteiger partial charge in [-0.15, -0.1) is 12.3 Å². The third kappa shape index (κ3) is 8.46. The Morgan fingerprint density at radius 1 is 1.11 bits per heavy atom. The molecule has 250 valence electrons. The summed E-state index contributed by atoms with van der Waals surface area (Å²) in [4.78, 5) is 12.7. The lowest BCUT2D eigenvalue weighted by molar-refractivity contribution is -0.165. The van der Waals surface area contributed by atoms with Crippen molar-refractivity contribution in [3.05, 3.63) is 11.6 Å². The maximum absolute atomic E-state index is 12.7. The van der Waals surface area contributed by atoms with Gasteiger partial charge in [-0.3, -0.25) is 4.79 Å². The Labute approximate surface area is 268 Å². The molecule has 2 rings (SSSR count). The van der Waals surface area contributed by atoms with Gasteiger partial charge in [0.05, 0.1) is 24.5 Å². The average Bonchev–Trinajstić information content (AvgIpc) is 3.39. The molecule has 2 aliphatic rings. The van der Waals surface area contributed by atoms with E-state index in [1.165, 1.54) is 0 Å². The minimum atomic E-state index is -2.39. The zero-order valence-electron chi connectivity index (χ0n) is 29.5. The van der Waals surface area contributed by atoms with Gasteiger partial charge in [0.25, 0.3) is 0 Å². The van der Waals surface area contributed by atoms with Gasteiger partial charge < -0.3 is 33.3 Å². The van der Waals surface area contributed by atoms with Crippen molar-refractivity contribution in [3.8, 4) is 24.2 Å². The molecule has 0 saturated carbocycles. The van der Waals surface area contributed by atoms with Crippen molar-refractivity contribution in [1.29, 1.82) is 0 Å². The summed E-state index contributed by atoms with van der Waals surface area (Å²) in [6, 6.07) is 2.59. The van der Waals surface area contributed by atoms with E-state index in [1.807, 2.05) is 13.8 Å². The van der Waals surface area contributed by atoms with Crippen LogP contribution < -0.4 is 0 Å². The SMILES string of the molecule is C#CC[C@](C#CC1=C[C@H](O[Si](C)(C)C(C)(C)C)[C@@H](O)[C@]1(O)COC(=O)C(C)(C)C)(O[Si](CC)(CC)CC)[C@H]1COC(C)(C)O1. The lowest BCUT2D eigenvalue weighted by atomic mass is 9.90. The predicted octanol–water partition coefficient (Wildman–Crippen LogP) is 5.94. The minimum Gasteiger partial charge on any atom is -0.462 e. The molecule has 0 aromatic rings. The van der Waals surface area contributed by atoms with Crippen molar-refractivity contribution in [2.45, 2.75) is 154 Å². The van der Waals surface area contributed by atoms with E-state index in [1.54, 1.807) is 26.8 Å². The molecule has 2 N–H and O–H groups in total. The Morgan fingerprint density at radius 2 is 1.68 bits per heavy atom. The van der Waals surface area contributed by atoms with E-state index in [9.17, 15) is 15.0 Å². The van der Waals surface area contributed by atoms with Gasteiger partial charge in [-0.25, -0.2) is 0 Å². The van der Waals surface area contributed by atoms with Gasteiger partial charge in [-0.05, 0) is 77.0 Å². The Bertz CT molecular complexity index is 1150. The number of ether oxygens (including phenoxy) is 3. The van der Waals surface area contributed by atoms with E-state index in [2.05, 4.69) is 72.4 Å². The average molecular weight is 651 g/mol. The lowest BCUT2D eigenvalue weighted by Crippen LogP contribution is -2.54. The van der Waals surface area contributed by atoms with Crippen molar-refractivity contribution in [1.82, 2.24) is 0 Å². The van der Waals surface area contributed by atoms with Crippen LogP contribution in [0.4, 0.5) is 0 Å². The molecule has 0 amide bonds. The topological polar surface area (TPSA) is 104 Å². The van der Waals surface area contributed by atoms with Gasteiger partial charge in [-0.2, -0.15) is 0 Å². The number of aliphatic hydroxyl groups is 2. The van der Waals surface area contributed by atoms with Crippen LogP contribution in [-0.2, 0) is 27.9 Å². The second-order valence-corrected chi connectivity index (χ2v) is 24.7. The molecule has 5 atom stereocenters. The Balaban J connectivity index is 2.73. The van der Waals surface area contributed by atoms with Crippen LogP contribution in [0.2, 0.25) is 36.3 Å². The summed E-state index contributed by atoms with van der Waals surface area (Å²) < 4.78 is 31.5. The van der Waals surface area contributed by atoms with E-state index in [4.69, 9.17) is 29.5 Å². The number of hydrogen-bond acceptors (Lipinski definition) is 8. The highest BCUT2D eigenvalue weighted by Gasteiger charge is 2.54. The Hall–Kier alpha value is -1.48. The van der Waals surface area contributed by atoms with Gasteiger partial charge in [-0.1, -0.05) is 53.4 Å². The Morgan fingerprint density at radius 3 is 2.11 bits per heavy atom. The normalized spacial score (nSPS) is 27.1. The van der Waals surface area contributed by atoms with Gasteiger partial charge in [0.2, 0.25) is 0 Å². The molecular weight excluding hydrogens is 593 g/mol. The summed E-state index contributed by atoms with van der Waals surface area (Å²) in [7, 11) is -4.69.